The molecule has 0 bridgehead atoms. The molecule has 2 aromatic rings. The maximum absolute atomic E-state index is 12.0. The first-order valence-electron chi connectivity index (χ1n) is 6.85. The van der Waals surface area contributed by atoms with E-state index >= 15 is 0 Å². The minimum atomic E-state index is -0.00518. The predicted octanol–water partition coefficient (Wildman–Crippen LogP) is 1.34. The first kappa shape index (κ1) is 13.0. The molecule has 5 heteroatoms. The van der Waals surface area contributed by atoms with Crippen molar-refractivity contribution in [1.82, 2.24) is 19.9 Å². The van der Waals surface area contributed by atoms with Gasteiger partial charge in [-0.1, -0.05) is 6.07 Å². The fourth-order valence-electron chi connectivity index (χ4n) is 2.66. The molecule has 3 rings (SSSR count). The second-order valence-corrected chi connectivity index (χ2v) is 5.31. The summed E-state index contributed by atoms with van der Waals surface area (Å²) in [5.41, 5.74) is 3.81. The number of aromatic nitrogens is 3. The maximum atomic E-state index is 12.0. The largest absolute Gasteiger partial charge is 0.310 e. The Balaban J connectivity index is 1.81. The van der Waals surface area contributed by atoms with Gasteiger partial charge in [0.25, 0.3) is 5.56 Å². The lowest BCUT2D eigenvalue weighted by atomic mass is 10.1. The van der Waals surface area contributed by atoms with Crippen molar-refractivity contribution in [3.05, 3.63) is 57.0 Å². The number of hydrogen-bond donors (Lipinski definition) is 1. The van der Waals surface area contributed by atoms with Crippen LogP contribution < -0.4 is 5.56 Å². The van der Waals surface area contributed by atoms with Crippen molar-refractivity contribution in [2.75, 3.05) is 6.54 Å². The van der Waals surface area contributed by atoms with E-state index < -0.39 is 0 Å². The number of aryl methyl sites for hydroxylation is 2. The van der Waals surface area contributed by atoms with Gasteiger partial charge in [-0.05, 0) is 26.0 Å². The van der Waals surface area contributed by atoms with Gasteiger partial charge in [0, 0.05) is 31.7 Å². The Morgan fingerprint density at radius 1 is 1.30 bits per heavy atom. The lowest BCUT2D eigenvalue weighted by molar-refractivity contribution is 0.238. The van der Waals surface area contributed by atoms with Crippen LogP contribution in [0.2, 0.25) is 0 Å². The lowest BCUT2D eigenvalue weighted by Gasteiger charge is -2.27. The van der Waals surface area contributed by atoms with E-state index in [9.17, 15) is 4.79 Å². The zero-order valence-corrected chi connectivity index (χ0v) is 11.8. The molecule has 1 aliphatic heterocycles. The highest BCUT2D eigenvalue weighted by Gasteiger charge is 2.20. The number of rotatable bonds is 2. The Morgan fingerprint density at radius 3 is 2.95 bits per heavy atom. The number of hydrogen-bond acceptors (Lipinski definition) is 4. The van der Waals surface area contributed by atoms with Crippen LogP contribution in [0, 0.1) is 13.8 Å². The predicted molar refractivity (Wildman–Crippen MR) is 76.4 cm³/mol. The summed E-state index contributed by atoms with van der Waals surface area (Å²) in [7, 11) is 0. The lowest BCUT2D eigenvalue weighted by Crippen LogP contribution is -2.35. The molecule has 0 aromatic carbocycles. The first-order valence-corrected chi connectivity index (χ1v) is 6.85. The first-order chi connectivity index (χ1) is 9.61. The highest BCUT2D eigenvalue weighted by molar-refractivity contribution is 5.21. The summed E-state index contributed by atoms with van der Waals surface area (Å²) in [6.07, 6.45) is 0.825. The highest BCUT2D eigenvalue weighted by atomic mass is 16.1. The van der Waals surface area contributed by atoms with E-state index in [1.165, 1.54) is 0 Å². The number of fused-ring (bicyclic) bond motifs is 1. The second-order valence-electron chi connectivity index (χ2n) is 5.31. The summed E-state index contributed by atoms with van der Waals surface area (Å²) in [5.74, 6) is 0.697. The van der Waals surface area contributed by atoms with Crippen molar-refractivity contribution in [2.45, 2.75) is 33.4 Å². The van der Waals surface area contributed by atoms with Gasteiger partial charge in [-0.15, -0.1) is 0 Å². The Morgan fingerprint density at radius 2 is 2.15 bits per heavy atom. The van der Waals surface area contributed by atoms with Crippen LogP contribution in [0.15, 0.2) is 23.0 Å². The highest BCUT2D eigenvalue weighted by Crippen LogP contribution is 2.15. The zero-order chi connectivity index (χ0) is 14.1. The molecule has 0 radical (unpaired) electrons. The van der Waals surface area contributed by atoms with Crippen LogP contribution in [0.25, 0.3) is 0 Å². The normalized spacial score (nSPS) is 15.1. The zero-order valence-electron chi connectivity index (χ0n) is 11.8. The van der Waals surface area contributed by atoms with Gasteiger partial charge >= 0.3 is 0 Å². The van der Waals surface area contributed by atoms with Gasteiger partial charge in [0.2, 0.25) is 0 Å². The second kappa shape index (κ2) is 5.17. The van der Waals surface area contributed by atoms with Crippen LogP contribution in [0.1, 0.15) is 28.5 Å². The molecule has 104 valence electrons. The molecule has 0 atom stereocenters. The number of aromatic amines is 1. The minimum absolute atomic E-state index is 0.00518. The van der Waals surface area contributed by atoms with E-state index in [0.717, 1.165) is 42.2 Å². The number of H-pyrrole nitrogens is 1. The van der Waals surface area contributed by atoms with E-state index in [-0.39, 0.29) is 5.56 Å². The third-order valence-corrected chi connectivity index (χ3v) is 3.60. The van der Waals surface area contributed by atoms with Gasteiger partial charge in [0.15, 0.2) is 0 Å². The quantitative estimate of drug-likeness (QED) is 0.894. The van der Waals surface area contributed by atoms with E-state index in [1.54, 1.807) is 0 Å². The van der Waals surface area contributed by atoms with Crippen molar-refractivity contribution >= 4 is 0 Å². The Hall–Kier alpha value is -2.01. The Bertz CT molecular complexity index is 693. The van der Waals surface area contributed by atoms with Crippen molar-refractivity contribution < 1.29 is 0 Å². The summed E-state index contributed by atoms with van der Waals surface area (Å²) >= 11 is 0. The smallest absolute Gasteiger partial charge is 0.255 e. The fourth-order valence-corrected chi connectivity index (χ4v) is 2.66. The van der Waals surface area contributed by atoms with Crippen LogP contribution in [0.5, 0.6) is 0 Å². The van der Waals surface area contributed by atoms with Crippen LogP contribution in [0.3, 0.4) is 0 Å². The third-order valence-electron chi connectivity index (χ3n) is 3.60. The van der Waals surface area contributed by atoms with Crippen LogP contribution in [-0.4, -0.2) is 26.4 Å². The van der Waals surface area contributed by atoms with Gasteiger partial charge in [-0.2, -0.15) is 0 Å². The standard InChI is InChI=1S/C15H18N4O/c1-10-4-3-5-12(16-10)8-19-7-6-14-13(9-19)15(20)18-11(2)17-14/h3-5H,6-9H2,1-2H3,(H,17,18,20). The Labute approximate surface area is 117 Å². The maximum Gasteiger partial charge on any atom is 0.255 e. The average molecular weight is 270 g/mol. The van der Waals surface area contributed by atoms with E-state index in [1.807, 2.05) is 32.0 Å². The molecular weight excluding hydrogens is 252 g/mol. The molecule has 2 aromatic heterocycles. The van der Waals surface area contributed by atoms with Crippen molar-refractivity contribution in [3.8, 4) is 0 Å². The van der Waals surface area contributed by atoms with Gasteiger partial charge < -0.3 is 4.98 Å². The number of nitrogens with one attached hydrogen (secondary N) is 1. The molecule has 0 saturated carbocycles. The van der Waals surface area contributed by atoms with Gasteiger partial charge in [0.1, 0.15) is 5.82 Å². The SMILES string of the molecule is Cc1cccc(CN2CCc3nc(C)[nH]c(=O)c3C2)n1. The Kier molecular flexibility index (Phi) is 3.36. The summed E-state index contributed by atoms with van der Waals surface area (Å²) in [6, 6.07) is 6.04. The number of nitrogens with zero attached hydrogens (tertiary/aromatic N) is 3. The molecule has 3 heterocycles. The van der Waals surface area contributed by atoms with Crippen LogP contribution in [0.4, 0.5) is 0 Å². The van der Waals surface area contributed by atoms with Crippen molar-refractivity contribution in [2.24, 2.45) is 0 Å². The van der Waals surface area contributed by atoms with Crippen molar-refractivity contribution in [3.63, 3.8) is 0 Å². The van der Waals surface area contributed by atoms with E-state index in [0.29, 0.717) is 12.4 Å². The van der Waals surface area contributed by atoms with Gasteiger partial charge in [-0.3, -0.25) is 14.7 Å². The monoisotopic (exact) mass is 270 g/mol. The summed E-state index contributed by atoms with van der Waals surface area (Å²) in [6.45, 7) is 6.15. The molecule has 0 saturated heterocycles. The van der Waals surface area contributed by atoms with Gasteiger partial charge in [0.05, 0.1) is 17.0 Å². The molecule has 0 fully saturated rings. The van der Waals surface area contributed by atoms with Gasteiger partial charge in [-0.25, -0.2) is 4.98 Å². The molecule has 1 aliphatic rings. The molecule has 0 spiro atoms. The molecule has 1 N–H and O–H groups in total. The summed E-state index contributed by atoms with van der Waals surface area (Å²) in [4.78, 5) is 26.0. The molecule has 0 aliphatic carbocycles. The van der Waals surface area contributed by atoms with E-state index in [2.05, 4.69) is 19.9 Å². The molecule has 0 unspecified atom stereocenters. The molecular formula is C15H18N4O. The topological polar surface area (TPSA) is 61.9 Å². The fraction of sp³-hybridized carbons (Fsp3) is 0.400. The molecule has 20 heavy (non-hydrogen) atoms. The van der Waals surface area contributed by atoms with Crippen molar-refractivity contribution in [1.29, 1.82) is 0 Å². The van der Waals surface area contributed by atoms with E-state index in [4.69, 9.17) is 0 Å². The summed E-state index contributed by atoms with van der Waals surface area (Å²) < 4.78 is 0. The van der Waals surface area contributed by atoms with Crippen LogP contribution in [-0.2, 0) is 19.5 Å². The average Bonchev–Trinajstić information content (AvgIpc) is 2.39. The number of pyridine rings is 1. The summed E-state index contributed by atoms with van der Waals surface area (Å²) in [5, 5.41) is 0. The minimum Gasteiger partial charge on any atom is -0.310 e. The molecule has 0 amide bonds. The van der Waals surface area contributed by atoms with Crippen LogP contribution >= 0.6 is 0 Å². The molecule has 5 nitrogen and oxygen atoms in total. The third kappa shape index (κ3) is 2.63.